The number of nitrogens with one attached hydrogen (secondary N) is 3. The lowest BCUT2D eigenvalue weighted by molar-refractivity contribution is -0.147. The molecule has 0 aliphatic rings. The lowest BCUT2D eigenvalue weighted by Crippen LogP contribution is -2.32. The SMILES string of the molecule is CC(=Nc1ccccc1)C(NC(=O)COC(=O)Cc1c(C)[nH]c2cc(C(=N)N)ccc12)=C(C)N. The number of para-hydroxylation sites is 1. The van der Waals surface area contributed by atoms with Crippen molar-refractivity contribution < 1.29 is 14.3 Å². The molecule has 0 fully saturated rings. The number of fused-ring (bicyclic) bond motifs is 1. The Morgan fingerprint density at radius 1 is 1.12 bits per heavy atom. The molecule has 7 N–H and O–H groups in total. The summed E-state index contributed by atoms with van der Waals surface area (Å²) in [6.07, 6.45) is -0.00830. The number of benzene rings is 2. The number of hydrogen-bond acceptors (Lipinski definition) is 6. The third-order valence-electron chi connectivity index (χ3n) is 5.19. The smallest absolute Gasteiger partial charge is 0.310 e. The van der Waals surface area contributed by atoms with E-state index in [1.807, 2.05) is 37.3 Å². The number of aromatic nitrogens is 1. The minimum atomic E-state index is -0.542. The monoisotopic (exact) mass is 460 g/mol. The Morgan fingerprint density at radius 3 is 2.47 bits per heavy atom. The molecule has 1 amide bonds. The Hall–Kier alpha value is -4.40. The maximum absolute atomic E-state index is 12.4. The van der Waals surface area contributed by atoms with Gasteiger partial charge in [0.1, 0.15) is 5.84 Å². The van der Waals surface area contributed by atoms with Gasteiger partial charge in [-0.2, -0.15) is 0 Å². The molecule has 1 heterocycles. The molecule has 0 unspecified atom stereocenters. The minimum absolute atomic E-state index is 0.00830. The Bertz CT molecular complexity index is 1300. The predicted molar refractivity (Wildman–Crippen MR) is 133 cm³/mol. The topological polar surface area (TPSA) is 159 Å². The van der Waals surface area contributed by atoms with E-state index >= 15 is 0 Å². The van der Waals surface area contributed by atoms with E-state index < -0.39 is 18.5 Å². The van der Waals surface area contributed by atoms with Crippen LogP contribution in [-0.4, -0.2) is 35.0 Å². The Balaban J connectivity index is 1.63. The number of rotatable bonds is 8. The highest BCUT2D eigenvalue weighted by Crippen LogP contribution is 2.24. The molecule has 0 saturated heterocycles. The van der Waals surface area contributed by atoms with E-state index in [0.717, 1.165) is 27.8 Å². The number of aryl methyl sites for hydroxylation is 1. The number of allylic oxidation sites excluding steroid dienone is 2. The van der Waals surface area contributed by atoms with Gasteiger partial charge in [-0.3, -0.25) is 20.0 Å². The van der Waals surface area contributed by atoms with Gasteiger partial charge in [0.05, 0.1) is 23.5 Å². The van der Waals surface area contributed by atoms with Crippen molar-refractivity contribution in [3.05, 3.63) is 76.7 Å². The van der Waals surface area contributed by atoms with Gasteiger partial charge in [0.2, 0.25) is 0 Å². The largest absolute Gasteiger partial charge is 0.455 e. The number of nitrogens with zero attached hydrogens (tertiary/aromatic N) is 1. The molecule has 3 aromatic rings. The van der Waals surface area contributed by atoms with Crippen LogP contribution in [0.25, 0.3) is 10.9 Å². The number of H-pyrrole nitrogens is 1. The fourth-order valence-corrected chi connectivity index (χ4v) is 3.53. The molecule has 0 saturated carbocycles. The maximum Gasteiger partial charge on any atom is 0.310 e. The molecule has 34 heavy (non-hydrogen) atoms. The van der Waals surface area contributed by atoms with Crippen LogP contribution in [0.15, 0.2) is 64.9 Å². The summed E-state index contributed by atoms with van der Waals surface area (Å²) >= 11 is 0. The van der Waals surface area contributed by atoms with Crippen molar-refractivity contribution in [1.29, 1.82) is 5.41 Å². The molecule has 0 radical (unpaired) electrons. The Labute approximate surface area is 197 Å². The van der Waals surface area contributed by atoms with E-state index in [-0.39, 0.29) is 12.3 Å². The first kappa shape index (κ1) is 24.2. The number of ether oxygens (including phenoxy) is 1. The summed E-state index contributed by atoms with van der Waals surface area (Å²) < 4.78 is 5.20. The van der Waals surface area contributed by atoms with Crippen molar-refractivity contribution >= 4 is 40.0 Å². The van der Waals surface area contributed by atoms with Crippen molar-refractivity contribution in [2.75, 3.05) is 6.61 Å². The number of carbonyl (C=O) groups excluding carboxylic acids is 2. The molecule has 0 spiro atoms. The zero-order valence-electron chi connectivity index (χ0n) is 19.4. The van der Waals surface area contributed by atoms with Gasteiger partial charge in [-0.15, -0.1) is 0 Å². The van der Waals surface area contributed by atoms with Gasteiger partial charge in [0, 0.05) is 27.9 Å². The summed E-state index contributed by atoms with van der Waals surface area (Å²) in [6, 6.07) is 14.6. The van der Waals surface area contributed by atoms with Gasteiger partial charge >= 0.3 is 5.97 Å². The van der Waals surface area contributed by atoms with E-state index in [0.29, 0.717) is 22.7 Å². The lowest BCUT2D eigenvalue weighted by atomic mass is 10.1. The second-order valence-electron chi connectivity index (χ2n) is 7.88. The van der Waals surface area contributed by atoms with E-state index in [1.165, 1.54) is 0 Å². The van der Waals surface area contributed by atoms with Crippen molar-refractivity contribution in [3.63, 3.8) is 0 Å². The first-order valence-electron chi connectivity index (χ1n) is 10.6. The van der Waals surface area contributed by atoms with Crippen LogP contribution < -0.4 is 16.8 Å². The standard InChI is InChI=1S/C25H28N6O3/c1-14(26)24(16(3)29-18-7-5-4-6-8-18)31-22(32)13-34-23(33)12-20-15(2)30-21-11-17(25(27)28)9-10-19(20)21/h4-11,30H,12-13,26H2,1-3H3,(H3,27,28)(H,31,32). The number of aromatic amines is 1. The van der Waals surface area contributed by atoms with Crippen LogP contribution >= 0.6 is 0 Å². The minimum Gasteiger partial charge on any atom is -0.455 e. The number of carbonyl (C=O) groups is 2. The summed E-state index contributed by atoms with van der Waals surface area (Å²) in [5.74, 6) is -1.09. The molecule has 9 nitrogen and oxygen atoms in total. The first-order chi connectivity index (χ1) is 16.2. The van der Waals surface area contributed by atoms with Crippen molar-refractivity contribution in [1.82, 2.24) is 10.3 Å². The molecule has 3 rings (SSSR count). The Morgan fingerprint density at radius 2 is 1.82 bits per heavy atom. The normalized spacial score (nSPS) is 12.3. The number of hydrogen-bond donors (Lipinski definition) is 5. The van der Waals surface area contributed by atoms with Crippen molar-refractivity contribution in [3.8, 4) is 0 Å². The number of nitrogen functional groups attached to an aromatic ring is 1. The van der Waals surface area contributed by atoms with Crippen molar-refractivity contribution in [2.24, 2.45) is 16.5 Å². The number of esters is 1. The molecule has 0 aliphatic heterocycles. The molecule has 0 bridgehead atoms. The van der Waals surface area contributed by atoms with Gasteiger partial charge in [0.15, 0.2) is 6.61 Å². The molecule has 0 atom stereocenters. The Kier molecular flexibility index (Phi) is 7.47. The fraction of sp³-hybridized carbons (Fsp3) is 0.200. The summed E-state index contributed by atoms with van der Waals surface area (Å²) in [5.41, 5.74) is 16.4. The molecule has 9 heteroatoms. The highest BCUT2D eigenvalue weighted by atomic mass is 16.5. The number of nitrogens with two attached hydrogens (primary N) is 2. The van der Waals surface area contributed by atoms with Gasteiger partial charge in [-0.05, 0) is 44.5 Å². The van der Waals surface area contributed by atoms with Crippen LogP contribution in [0.4, 0.5) is 5.69 Å². The van der Waals surface area contributed by atoms with Gasteiger partial charge in [-0.25, -0.2) is 0 Å². The lowest BCUT2D eigenvalue weighted by Gasteiger charge is -2.12. The number of amidine groups is 1. The maximum atomic E-state index is 12.4. The average molecular weight is 461 g/mol. The summed E-state index contributed by atoms with van der Waals surface area (Å²) in [6.45, 7) is 4.79. The van der Waals surface area contributed by atoms with E-state index in [1.54, 1.807) is 32.0 Å². The van der Waals surface area contributed by atoms with Crippen LogP contribution in [0.1, 0.15) is 30.7 Å². The van der Waals surface area contributed by atoms with Crippen molar-refractivity contribution in [2.45, 2.75) is 27.2 Å². The molecule has 0 aliphatic carbocycles. The summed E-state index contributed by atoms with van der Waals surface area (Å²) in [5, 5.41) is 11.1. The molecule has 2 aromatic carbocycles. The predicted octanol–water partition coefficient (Wildman–Crippen LogP) is 2.95. The quantitative estimate of drug-likeness (QED) is 0.198. The van der Waals surface area contributed by atoms with Crippen LogP contribution in [-0.2, 0) is 20.7 Å². The third-order valence-corrected chi connectivity index (χ3v) is 5.19. The average Bonchev–Trinajstić information content (AvgIpc) is 3.10. The van der Waals surface area contributed by atoms with Crippen LogP contribution in [0.5, 0.6) is 0 Å². The van der Waals surface area contributed by atoms with Gasteiger partial charge in [-0.1, -0.05) is 30.3 Å². The molecular formula is C25H28N6O3. The van der Waals surface area contributed by atoms with Crippen LogP contribution in [0.3, 0.4) is 0 Å². The highest BCUT2D eigenvalue weighted by Gasteiger charge is 2.16. The zero-order chi connectivity index (χ0) is 24.8. The second-order valence-corrected chi connectivity index (χ2v) is 7.88. The first-order valence-corrected chi connectivity index (χ1v) is 10.6. The summed E-state index contributed by atoms with van der Waals surface area (Å²) in [7, 11) is 0. The van der Waals surface area contributed by atoms with E-state index in [9.17, 15) is 9.59 Å². The van der Waals surface area contributed by atoms with E-state index in [4.69, 9.17) is 21.6 Å². The van der Waals surface area contributed by atoms with Crippen LogP contribution in [0.2, 0.25) is 0 Å². The summed E-state index contributed by atoms with van der Waals surface area (Å²) in [4.78, 5) is 32.5. The molecule has 176 valence electrons. The molecule has 1 aromatic heterocycles. The van der Waals surface area contributed by atoms with Crippen LogP contribution in [0, 0.1) is 12.3 Å². The number of amides is 1. The zero-order valence-corrected chi connectivity index (χ0v) is 19.4. The van der Waals surface area contributed by atoms with Gasteiger partial charge in [0.25, 0.3) is 5.91 Å². The van der Waals surface area contributed by atoms with E-state index in [2.05, 4.69) is 15.3 Å². The molecular weight excluding hydrogens is 432 g/mol. The number of aliphatic imine (C=N–C) groups is 1. The third kappa shape index (κ3) is 5.89. The second kappa shape index (κ2) is 10.5. The fourth-order valence-electron chi connectivity index (χ4n) is 3.53. The van der Waals surface area contributed by atoms with Gasteiger partial charge < -0.3 is 26.5 Å². The highest BCUT2D eigenvalue weighted by molar-refractivity contribution is 6.03.